The number of benzene rings is 1. The van der Waals surface area contributed by atoms with E-state index in [4.69, 9.17) is 5.73 Å². The van der Waals surface area contributed by atoms with Gasteiger partial charge in [0.1, 0.15) is 6.23 Å². The van der Waals surface area contributed by atoms with Crippen LogP contribution in [0.4, 0.5) is 0 Å². The first-order valence-electron chi connectivity index (χ1n) is 5.83. The predicted octanol–water partition coefficient (Wildman–Crippen LogP) is 1.29. The number of nitrogens with one attached hydrogen (secondary N) is 1. The number of aliphatic hydroxyl groups excluding tert-OH is 1. The van der Waals surface area contributed by atoms with E-state index in [0.717, 1.165) is 0 Å². The highest BCUT2D eigenvalue weighted by molar-refractivity contribution is 5.19. The van der Waals surface area contributed by atoms with Gasteiger partial charge in [-0.2, -0.15) is 0 Å². The molecular weight excluding hydrogens is 200 g/mol. The van der Waals surface area contributed by atoms with Crippen LogP contribution in [0.25, 0.3) is 0 Å². The van der Waals surface area contributed by atoms with Gasteiger partial charge >= 0.3 is 0 Å². The van der Waals surface area contributed by atoms with Gasteiger partial charge < -0.3 is 10.8 Å². The van der Waals surface area contributed by atoms with Crippen molar-refractivity contribution in [2.24, 2.45) is 11.7 Å². The van der Waals surface area contributed by atoms with Crippen molar-refractivity contribution in [3.63, 3.8) is 0 Å². The van der Waals surface area contributed by atoms with Crippen molar-refractivity contribution in [2.45, 2.75) is 26.0 Å². The maximum atomic E-state index is 9.91. The molecule has 90 valence electrons. The lowest BCUT2D eigenvalue weighted by atomic mass is 9.88. The third-order valence-electron chi connectivity index (χ3n) is 3.11. The van der Waals surface area contributed by atoms with Gasteiger partial charge in [-0.1, -0.05) is 44.2 Å². The minimum Gasteiger partial charge on any atom is -0.378 e. The van der Waals surface area contributed by atoms with Crippen molar-refractivity contribution in [1.82, 2.24) is 5.32 Å². The zero-order valence-electron chi connectivity index (χ0n) is 10.1. The summed E-state index contributed by atoms with van der Waals surface area (Å²) in [6.45, 7) is 5.37. The Morgan fingerprint density at radius 1 is 1.25 bits per heavy atom. The van der Waals surface area contributed by atoms with E-state index in [0.29, 0.717) is 19.0 Å². The van der Waals surface area contributed by atoms with Gasteiger partial charge in [0.05, 0.1) is 0 Å². The molecule has 16 heavy (non-hydrogen) atoms. The molecule has 3 atom stereocenters. The smallest absolute Gasteiger partial charge is 0.108 e. The lowest BCUT2D eigenvalue weighted by Crippen LogP contribution is -2.39. The van der Waals surface area contributed by atoms with Crippen LogP contribution in [0.5, 0.6) is 0 Å². The Bertz CT molecular complexity index is 289. The fraction of sp³-hybridized carbons (Fsp3) is 0.538. The van der Waals surface area contributed by atoms with E-state index >= 15 is 0 Å². The lowest BCUT2D eigenvalue weighted by Gasteiger charge is -2.26. The first-order valence-corrected chi connectivity index (χ1v) is 5.83. The Balaban J connectivity index is 2.56. The fourth-order valence-corrected chi connectivity index (χ4v) is 1.75. The molecule has 0 amide bonds. The molecule has 0 aliphatic heterocycles. The van der Waals surface area contributed by atoms with Gasteiger partial charge in [-0.25, -0.2) is 0 Å². The third-order valence-corrected chi connectivity index (χ3v) is 3.11. The van der Waals surface area contributed by atoms with Crippen LogP contribution in [-0.2, 0) is 0 Å². The summed E-state index contributed by atoms with van der Waals surface area (Å²) in [5.41, 5.74) is 6.64. The fourth-order valence-electron chi connectivity index (χ4n) is 1.75. The van der Waals surface area contributed by atoms with E-state index in [2.05, 4.69) is 24.4 Å². The van der Waals surface area contributed by atoms with Crippen LogP contribution < -0.4 is 11.1 Å². The topological polar surface area (TPSA) is 58.3 Å². The van der Waals surface area contributed by atoms with Crippen LogP contribution in [0.3, 0.4) is 0 Å². The van der Waals surface area contributed by atoms with Crippen molar-refractivity contribution < 1.29 is 5.11 Å². The molecule has 1 aromatic carbocycles. The van der Waals surface area contributed by atoms with E-state index in [1.807, 2.05) is 25.1 Å². The zero-order valence-corrected chi connectivity index (χ0v) is 10.1. The maximum absolute atomic E-state index is 9.91. The van der Waals surface area contributed by atoms with Gasteiger partial charge in [0, 0.05) is 19.0 Å². The van der Waals surface area contributed by atoms with Gasteiger partial charge in [-0.05, 0) is 11.5 Å². The minimum atomic E-state index is -0.501. The highest BCUT2D eigenvalue weighted by Crippen LogP contribution is 2.25. The van der Waals surface area contributed by atoms with Crippen LogP contribution >= 0.6 is 0 Å². The summed E-state index contributed by atoms with van der Waals surface area (Å²) < 4.78 is 0. The molecule has 0 spiro atoms. The second kappa shape index (κ2) is 6.63. The molecule has 3 heteroatoms. The summed E-state index contributed by atoms with van der Waals surface area (Å²) in [6, 6.07) is 10.2. The average Bonchev–Trinajstić information content (AvgIpc) is 2.35. The standard InChI is InChI=1S/C13H22N2O/c1-10(12-6-4-3-5-7-12)11(2)13(16)15-9-8-14/h3-7,10-11,13,15-16H,8-9,14H2,1-2H3/t10?,11-,13?/m0/s1. The zero-order chi connectivity index (χ0) is 12.0. The normalized spacial score (nSPS) is 16.8. The number of rotatable bonds is 6. The number of nitrogens with two attached hydrogens (primary N) is 1. The van der Waals surface area contributed by atoms with Crippen molar-refractivity contribution >= 4 is 0 Å². The molecule has 1 aromatic rings. The molecule has 0 radical (unpaired) electrons. The molecule has 3 nitrogen and oxygen atoms in total. The third kappa shape index (κ3) is 3.59. The molecule has 0 fully saturated rings. The minimum absolute atomic E-state index is 0.161. The first-order chi connectivity index (χ1) is 7.66. The number of hydrogen-bond donors (Lipinski definition) is 3. The number of hydrogen-bond acceptors (Lipinski definition) is 3. The Hall–Kier alpha value is -0.900. The molecule has 0 saturated heterocycles. The van der Waals surface area contributed by atoms with Crippen LogP contribution in [-0.4, -0.2) is 24.4 Å². The van der Waals surface area contributed by atoms with Gasteiger partial charge in [0.2, 0.25) is 0 Å². The highest BCUT2D eigenvalue weighted by atomic mass is 16.3. The molecular formula is C13H22N2O. The average molecular weight is 222 g/mol. The highest BCUT2D eigenvalue weighted by Gasteiger charge is 2.21. The Morgan fingerprint density at radius 2 is 1.88 bits per heavy atom. The molecule has 0 aliphatic rings. The Kier molecular flexibility index (Phi) is 5.46. The summed E-state index contributed by atoms with van der Waals surface area (Å²) in [4.78, 5) is 0. The van der Waals surface area contributed by atoms with Gasteiger partial charge in [-0.3, -0.25) is 5.32 Å². The predicted molar refractivity (Wildman–Crippen MR) is 67.1 cm³/mol. The quantitative estimate of drug-likeness (QED) is 0.636. The molecule has 2 unspecified atom stereocenters. The second-order valence-electron chi connectivity index (χ2n) is 4.25. The molecule has 1 rings (SSSR count). The summed E-state index contributed by atoms with van der Waals surface area (Å²) in [5, 5.41) is 12.9. The molecule has 0 aliphatic carbocycles. The SMILES string of the molecule is CC(c1ccccc1)[C@H](C)C(O)NCCN. The molecule has 0 heterocycles. The van der Waals surface area contributed by atoms with E-state index in [1.54, 1.807) is 0 Å². The molecule has 0 saturated carbocycles. The lowest BCUT2D eigenvalue weighted by molar-refractivity contribution is 0.0732. The van der Waals surface area contributed by atoms with Crippen LogP contribution in [0.1, 0.15) is 25.3 Å². The van der Waals surface area contributed by atoms with E-state index in [-0.39, 0.29) is 5.92 Å². The molecule has 4 N–H and O–H groups in total. The second-order valence-corrected chi connectivity index (χ2v) is 4.25. The van der Waals surface area contributed by atoms with Crippen molar-refractivity contribution in [3.8, 4) is 0 Å². The van der Waals surface area contributed by atoms with E-state index in [1.165, 1.54) is 5.56 Å². The molecule has 0 bridgehead atoms. The summed E-state index contributed by atoms with van der Waals surface area (Å²) in [5.74, 6) is 0.482. The van der Waals surface area contributed by atoms with Crippen molar-refractivity contribution in [1.29, 1.82) is 0 Å². The largest absolute Gasteiger partial charge is 0.378 e. The van der Waals surface area contributed by atoms with Crippen molar-refractivity contribution in [2.75, 3.05) is 13.1 Å². The molecule has 0 aromatic heterocycles. The summed E-state index contributed by atoms with van der Waals surface area (Å²) >= 11 is 0. The van der Waals surface area contributed by atoms with Gasteiger partial charge in [0.25, 0.3) is 0 Å². The van der Waals surface area contributed by atoms with Crippen molar-refractivity contribution in [3.05, 3.63) is 35.9 Å². The van der Waals surface area contributed by atoms with Gasteiger partial charge in [0.15, 0.2) is 0 Å². The Labute approximate surface area is 97.7 Å². The maximum Gasteiger partial charge on any atom is 0.108 e. The summed E-state index contributed by atoms with van der Waals surface area (Å²) in [7, 11) is 0. The van der Waals surface area contributed by atoms with E-state index in [9.17, 15) is 5.11 Å². The Morgan fingerprint density at radius 3 is 2.44 bits per heavy atom. The van der Waals surface area contributed by atoms with E-state index < -0.39 is 6.23 Å². The summed E-state index contributed by atoms with van der Waals surface area (Å²) in [6.07, 6.45) is -0.501. The first kappa shape index (κ1) is 13.2. The monoisotopic (exact) mass is 222 g/mol. The van der Waals surface area contributed by atoms with Crippen LogP contribution in [0.2, 0.25) is 0 Å². The van der Waals surface area contributed by atoms with Gasteiger partial charge in [-0.15, -0.1) is 0 Å². The van der Waals surface area contributed by atoms with Crippen LogP contribution in [0, 0.1) is 5.92 Å². The number of aliphatic hydroxyl groups is 1. The van der Waals surface area contributed by atoms with Crippen LogP contribution in [0.15, 0.2) is 30.3 Å².